The zero-order valence-corrected chi connectivity index (χ0v) is 21.1. The first-order valence-electron chi connectivity index (χ1n) is 11.4. The molecule has 0 unspecified atom stereocenters. The van der Waals surface area contributed by atoms with E-state index in [1.165, 1.54) is 6.08 Å². The van der Waals surface area contributed by atoms with E-state index >= 15 is 0 Å². The van der Waals surface area contributed by atoms with Crippen LogP contribution in [-0.4, -0.2) is 40.5 Å². The van der Waals surface area contributed by atoms with Gasteiger partial charge in [0, 0.05) is 46.1 Å². The number of nitrogens with one attached hydrogen (secondary N) is 3. The van der Waals surface area contributed by atoms with Gasteiger partial charge in [0.15, 0.2) is 0 Å². The van der Waals surface area contributed by atoms with Crippen LogP contribution in [0.5, 0.6) is 5.75 Å². The van der Waals surface area contributed by atoms with Crippen LogP contribution in [0.25, 0.3) is 17.0 Å². The molecule has 0 fully saturated rings. The molecule has 9 heteroatoms. The van der Waals surface area contributed by atoms with Crippen molar-refractivity contribution in [2.45, 2.75) is 20.3 Å². The number of carbonyl (C=O) groups excluding carboxylic acids is 1. The zero-order valence-electron chi connectivity index (χ0n) is 20.3. The van der Waals surface area contributed by atoms with Gasteiger partial charge in [-0.2, -0.15) is 0 Å². The number of halogens is 1. The number of aromatic amines is 1. The van der Waals surface area contributed by atoms with Crippen molar-refractivity contribution >= 4 is 46.4 Å². The number of amides is 1. The molecule has 0 aliphatic heterocycles. The van der Waals surface area contributed by atoms with Crippen molar-refractivity contribution in [3.8, 4) is 5.75 Å². The Labute approximate surface area is 214 Å². The molecule has 4 rings (SSSR count). The molecule has 0 spiro atoms. The Kier molecular flexibility index (Phi) is 7.97. The summed E-state index contributed by atoms with van der Waals surface area (Å²) in [6.07, 6.45) is 5.76. The molecule has 0 saturated carbocycles. The van der Waals surface area contributed by atoms with Crippen LogP contribution in [0.1, 0.15) is 22.5 Å². The van der Waals surface area contributed by atoms with Gasteiger partial charge in [-0.05, 0) is 73.9 Å². The Hall–Kier alpha value is -4.17. The van der Waals surface area contributed by atoms with Gasteiger partial charge in [-0.15, -0.1) is 0 Å². The van der Waals surface area contributed by atoms with E-state index in [0.717, 1.165) is 39.2 Å². The number of guanidine groups is 1. The number of H-pyrrole nitrogens is 1. The molecule has 3 N–H and O–H groups in total. The number of nitrogens with zero attached hydrogens (tertiary/aromatic N) is 3. The lowest BCUT2D eigenvalue weighted by molar-refractivity contribution is -0.115. The minimum atomic E-state index is -0.336. The summed E-state index contributed by atoms with van der Waals surface area (Å²) in [6, 6.07) is 15.0. The number of benzene rings is 2. The zero-order chi connectivity index (χ0) is 25.5. The summed E-state index contributed by atoms with van der Waals surface area (Å²) < 4.78 is 5.35. The van der Waals surface area contributed by atoms with E-state index in [9.17, 15) is 4.79 Å². The maximum absolute atomic E-state index is 12.7. The smallest absolute Gasteiger partial charge is 0.250 e. The molecule has 0 aliphatic rings. The van der Waals surface area contributed by atoms with E-state index in [1.54, 1.807) is 25.3 Å². The van der Waals surface area contributed by atoms with Crippen molar-refractivity contribution < 1.29 is 9.53 Å². The lowest BCUT2D eigenvalue weighted by Gasteiger charge is -2.10. The van der Waals surface area contributed by atoms with Gasteiger partial charge in [-0.3, -0.25) is 20.4 Å². The van der Waals surface area contributed by atoms with Gasteiger partial charge in [0.1, 0.15) is 5.75 Å². The molecule has 2 aromatic carbocycles. The molecule has 0 radical (unpaired) electrons. The van der Waals surface area contributed by atoms with Gasteiger partial charge in [0.2, 0.25) is 11.9 Å². The van der Waals surface area contributed by atoms with E-state index in [4.69, 9.17) is 16.3 Å². The highest BCUT2D eigenvalue weighted by Gasteiger charge is 2.09. The number of anilines is 1. The van der Waals surface area contributed by atoms with Crippen molar-refractivity contribution in [1.82, 2.24) is 20.3 Å². The predicted octanol–water partition coefficient (Wildman–Crippen LogP) is 5.08. The van der Waals surface area contributed by atoms with Gasteiger partial charge in [0.25, 0.3) is 5.91 Å². The second-order valence-electron chi connectivity index (χ2n) is 8.18. The minimum Gasteiger partial charge on any atom is -0.497 e. The fraction of sp³-hybridized carbons (Fsp3) is 0.185. The van der Waals surface area contributed by atoms with Gasteiger partial charge >= 0.3 is 0 Å². The molecular weight excluding hydrogens is 476 g/mol. The van der Waals surface area contributed by atoms with E-state index in [1.807, 2.05) is 56.4 Å². The number of hydrogen-bond acceptors (Lipinski definition) is 5. The highest BCUT2D eigenvalue weighted by atomic mass is 35.5. The van der Waals surface area contributed by atoms with Crippen LogP contribution in [0.2, 0.25) is 5.02 Å². The number of aliphatic imine (C=N–C) groups is 1. The number of aryl methyl sites for hydroxylation is 2. The third-order valence-electron chi connectivity index (χ3n) is 5.38. The lowest BCUT2D eigenvalue weighted by atomic mass is 10.1. The fourth-order valence-electron chi connectivity index (χ4n) is 3.68. The minimum absolute atomic E-state index is 0.267. The van der Waals surface area contributed by atoms with Crippen LogP contribution in [0, 0.1) is 13.8 Å². The van der Waals surface area contributed by atoms with Crippen molar-refractivity contribution in [3.05, 3.63) is 88.3 Å². The summed E-state index contributed by atoms with van der Waals surface area (Å²) in [5.74, 6) is 1.09. The van der Waals surface area contributed by atoms with Crippen LogP contribution in [0.4, 0.5) is 5.95 Å². The molecular formula is C27H27ClN6O2. The average Bonchev–Trinajstić information content (AvgIpc) is 3.25. The Morgan fingerprint density at radius 3 is 2.58 bits per heavy atom. The first-order valence-corrected chi connectivity index (χ1v) is 11.8. The topological polar surface area (TPSA) is 104 Å². The predicted molar refractivity (Wildman–Crippen MR) is 145 cm³/mol. The van der Waals surface area contributed by atoms with Crippen LogP contribution < -0.4 is 15.4 Å². The number of fused-ring (bicyclic) bond motifs is 1. The van der Waals surface area contributed by atoms with Crippen LogP contribution >= 0.6 is 11.6 Å². The Morgan fingerprint density at radius 2 is 1.86 bits per heavy atom. The summed E-state index contributed by atoms with van der Waals surface area (Å²) in [5, 5.41) is 7.56. The van der Waals surface area contributed by atoms with E-state index in [2.05, 4.69) is 30.6 Å². The largest absolute Gasteiger partial charge is 0.497 e. The molecule has 2 heterocycles. The third-order valence-corrected chi connectivity index (χ3v) is 5.63. The fourth-order valence-corrected chi connectivity index (χ4v) is 3.81. The maximum Gasteiger partial charge on any atom is 0.250 e. The molecule has 184 valence electrons. The Morgan fingerprint density at radius 1 is 1.11 bits per heavy atom. The Bertz CT molecular complexity index is 1410. The molecule has 0 atom stereocenters. The van der Waals surface area contributed by atoms with Gasteiger partial charge in [-0.25, -0.2) is 9.97 Å². The number of rotatable bonds is 7. The van der Waals surface area contributed by atoms with Crippen molar-refractivity contribution in [1.29, 1.82) is 0 Å². The molecule has 0 saturated heterocycles. The van der Waals surface area contributed by atoms with Crippen LogP contribution in [0.15, 0.2) is 65.8 Å². The van der Waals surface area contributed by atoms with E-state index < -0.39 is 0 Å². The normalized spacial score (nSPS) is 11.7. The van der Waals surface area contributed by atoms with Crippen LogP contribution in [0.3, 0.4) is 0 Å². The molecule has 4 aromatic rings. The molecule has 2 aromatic heterocycles. The highest BCUT2D eigenvalue weighted by molar-refractivity contribution is 6.30. The van der Waals surface area contributed by atoms with Gasteiger partial charge in [-0.1, -0.05) is 23.7 Å². The molecule has 0 aliphatic carbocycles. The third kappa shape index (κ3) is 6.70. The van der Waals surface area contributed by atoms with Crippen molar-refractivity contribution in [3.63, 3.8) is 0 Å². The number of carbonyl (C=O) groups is 1. The molecule has 36 heavy (non-hydrogen) atoms. The molecule has 0 bridgehead atoms. The molecule has 8 nitrogen and oxygen atoms in total. The number of hydrogen-bond donors (Lipinski definition) is 3. The standard InChI is InChI=1S/C27H27ClN6O2/c1-17-14-18(2)32-27(31-17)34-26(33-25(35)11-6-19-4-7-21(28)8-5-19)29-13-12-20-16-30-24-10-9-22(36-3)15-23(20)24/h4-11,14-16,30H,12-13H2,1-3H3,(H2,29,31,32,33,34,35). The second-order valence-corrected chi connectivity index (χ2v) is 8.62. The highest BCUT2D eigenvalue weighted by Crippen LogP contribution is 2.24. The van der Waals surface area contributed by atoms with Crippen molar-refractivity contribution in [2.24, 2.45) is 4.99 Å². The van der Waals surface area contributed by atoms with Gasteiger partial charge < -0.3 is 9.72 Å². The van der Waals surface area contributed by atoms with E-state index in [0.29, 0.717) is 23.9 Å². The monoisotopic (exact) mass is 502 g/mol. The lowest BCUT2D eigenvalue weighted by Crippen LogP contribution is -2.35. The number of ether oxygens (including phenoxy) is 1. The van der Waals surface area contributed by atoms with Crippen LogP contribution in [-0.2, 0) is 11.2 Å². The SMILES string of the molecule is COc1ccc2[nH]cc(CCN=C(NC(=O)C=Cc3ccc(Cl)cc3)Nc3nc(C)cc(C)n3)c2c1. The summed E-state index contributed by atoms with van der Waals surface area (Å²) in [7, 11) is 1.65. The number of methoxy groups -OCH3 is 1. The number of aromatic nitrogens is 3. The summed E-state index contributed by atoms with van der Waals surface area (Å²) in [6.45, 7) is 4.20. The Balaban J connectivity index is 1.50. The summed E-state index contributed by atoms with van der Waals surface area (Å²) in [5.41, 5.74) is 4.60. The first-order chi connectivity index (χ1) is 17.4. The summed E-state index contributed by atoms with van der Waals surface area (Å²) >= 11 is 5.93. The summed E-state index contributed by atoms with van der Waals surface area (Å²) in [4.78, 5) is 29.3. The molecule has 1 amide bonds. The first kappa shape index (κ1) is 24.9. The maximum atomic E-state index is 12.7. The van der Waals surface area contributed by atoms with E-state index in [-0.39, 0.29) is 11.9 Å². The quantitative estimate of drug-likeness (QED) is 0.186. The van der Waals surface area contributed by atoms with Gasteiger partial charge in [0.05, 0.1) is 7.11 Å². The second kappa shape index (κ2) is 11.5. The van der Waals surface area contributed by atoms with Crippen molar-refractivity contribution in [2.75, 3.05) is 19.0 Å². The average molecular weight is 503 g/mol.